The molecule has 2 saturated heterocycles. The lowest BCUT2D eigenvalue weighted by Crippen LogP contribution is -2.48. The molecule has 2 amide bonds. The Kier molecular flexibility index (Phi) is 6.56. The monoisotopic (exact) mass is 593 g/mol. The minimum absolute atomic E-state index is 0.190. The summed E-state index contributed by atoms with van der Waals surface area (Å²) in [6.07, 6.45) is 7.29. The molecular weight excluding hydrogens is 558 g/mol. The van der Waals surface area contributed by atoms with Gasteiger partial charge in [0.2, 0.25) is 5.91 Å². The fourth-order valence-electron chi connectivity index (χ4n) is 6.85. The van der Waals surface area contributed by atoms with Crippen molar-refractivity contribution in [3.05, 3.63) is 59.0 Å². The molecule has 4 aliphatic rings. The molecule has 2 aromatic heterocycles. The number of halogens is 1. The van der Waals surface area contributed by atoms with Gasteiger partial charge in [-0.15, -0.1) is 0 Å². The fourth-order valence-corrected chi connectivity index (χ4v) is 8.16. The Balaban J connectivity index is 1.02. The van der Waals surface area contributed by atoms with Gasteiger partial charge >= 0.3 is 6.09 Å². The van der Waals surface area contributed by atoms with Gasteiger partial charge < -0.3 is 19.1 Å². The van der Waals surface area contributed by atoms with Gasteiger partial charge in [0.15, 0.2) is 0 Å². The standard InChI is InChI=1S/C31H36ClN5O3S/c1-30(2,3)40-29(39)35-18-24-15-23(35)19-37(24)41-12-4-11-34-22(14-20-13-21(32)5-6-26(20)34)17-36-27-16-33-10-7-25(27)31(8-9-31)28(36)38/h5-7,10,13-14,16,23-24H,4,8-9,11-12,15,17-19H2,1-3H3/t23?,24-/m1/s1. The highest BCUT2D eigenvalue weighted by Gasteiger charge is 2.59. The van der Waals surface area contributed by atoms with Crippen LogP contribution in [0.2, 0.25) is 5.02 Å². The molecule has 3 aliphatic heterocycles. The number of aryl methyl sites for hydroxylation is 1. The van der Waals surface area contributed by atoms with Crippen molar-refractivity contribution in [3.63, 3.8) is 0 Å². The summed E-state index contributed by atoms with van der Waals surface area (Å²) in [5.41, 5.74) is 3.53. The number of benzene rings is 1. The number of hydrogen-bond donors (Lipinski definition) is 0. The summed E-state index contributed by atoms with van der Waals surface area (Å²) >= 11 is 8.24. The summed E-state index contributed by atoms with van der Waals surface area (Å²) in [7, 11) is 0. The molecule has 216 valence electrons. The molecule has 7 rings (SSSR count). The van der Waals surface area contributed by atoms with Crippen LogP contribution in [0.25, 0.3) is 10.9 Å². The molecule has 1 aliphatic carbocycles. The Morgan fingerprint density at radius 1 is 1.17 bits per heavy atom. The van der Waals surface area contributed by atoms with Crippen LogP contribution in [0.15, 0.2) is 42.7 Å². The number of fused-ring (bicyclic) bond motifs is 5. The summed E-state index contributed by atoms with van der Waals surface area (Å²) in [5, 5.41) is 1.81. The first-order chi connectivity index (χ1) is 19.6. The van der Waals surface area contributed by atoms with E-state index in [9.17, 15) is 9.59 Å². The van der Waals surface area contributed by atoms with Gasteiger partial charge in [-0.1, -0.05) is 23.5 Å². The van der Waals surface area contributed by atoms with Crippen LogP contribution in [0.4, 0.5) is 10.5 Å². The van der Waals surface area contributed by atoms with E-state index in [0.717, 1.165) is 78.9 Å². The van der Waals surface area contributed by atoms with E-state index in [-0.39, 0.29) is 23.5 Å². The van der Waals surface area contributed by atoms with Crippen molar-refractivity contribution >= 4 is 52.1 Å². The molecule has 8 nitrogen and oxygen atoms in total. The third-order valence-electron chi connectivity index (χ3n) is 8.88. The summed E-state index contributed by atoms with van der Waals surface area (Å²) < 4.78 is 10.4. The van der Waals surface area contributed by atoms with Gasteiger partial charge in [-0.25, -0.2) is 9.10 Å². The van der Waals surface area contributed by atoms with E-state index in [4.69, 9.17) is 16.3 Å². The Morgan fingerprint density at radius 3 is 2.73 bits per heavy atom. The second-order valence-corrected chi connectivity index (χ2v) is 14.4. The maximum atomic E-state index is 13.6. The Hall–Kier alpha value is -2.75. The predicted octanol–water partition coefficient (Wildman–Crippen LogP) is 6.00. The normalized spacial score (nSPS) is 22.8. The van der Waals surface area contributed by atoms with E-state index in [1.165, 1.54) is 0 Å². The number of pyridine rings is 1. The zero-order valence-corrected chi connectivity index (χ0v) is 25.4. The summed E-state index contributed by atoms with van der Waals surface area (Å²) in [6.45, 7) is 8.74. The number of ether oxygens (including phenoxy) is 1. The molecule has 3 fully saturated rings. The fraction of sp³-hybridized carbons (Fsp3) is 0.516. The average Bonchev–Trinajstić information content (AvgIpc) is 3.20. The van der Waals surface area contributed by atoms with Crippen LogP contribution in [0.1, 0.15) is 57.7 Å². The van der Waals surface area contributed by atoms with E-state index >= 15 is 0 Å². The number of likely N-dealkylation sites (tertiary alicyclic amines) is 1. The van der Waals surface area contributed by atoms with Crippen LogP contribution < -0.4 is 4.90 Å². The number of amides is 2. The highest BCUT2D eigenvalue weighted by atomic mass is 35.5. The summed E-state index contributed by atoms with van der Waals surface area (Å²) in [5.74, 6) is 1.19. The van der Waals surface area contributed by atoms with Crippen LogP contribution in [-0.4, -0.2) is 67.3 Å². The molecule has 0 radical (unpaired) electrons. The van der Waals surface area contributed by atoms with Crippen molar-refractivity contribution < 1.29 is 14.3 Å². The molecule has 1 saturated carbocycles. The average molecular weight is 594 g/mol. The largest absolute Gasteiger partial charge is 0.444 e. The zero-order valence-electron chi connectivity index (χ0n) is 23.8. The Morgan fingerprint density at radius 2 is 2.00 bits per heavy atom. The first-order valence-electron chi connectivity index (χ1n) is 14.6. The zero-order chi connectivity index (χ0) is 28.5. The van der Waals surface area contributed by atoms with Crippen LogP contribution in [-0.2, 0) is 28.0 Å². The van der Waals surface area contributed by atoms with E-state index in [1.807, 2.05) is 66.9 Å². The second-order valence-electron chi connectivity index (χ2n) is 12.8. The molecule has 3 aromatic rings. The van der Waals surface area contributed by atoms with Crippen LogP contribution in [0, 0.1) is 0 Å². The molecular formula is C31H36ClN5O3S. The van der Waals surface area contributed by atoms with Crippen molar-refractivity contribution in [3.8, 4) is 0 Å². The highest BCUT2D eigenvalue weighted by Crippen LogP contribution is 2.57. The van der Waals surface area contributed by atoms with Crippen molar-refractivity contribution in [1.29, 1.82) is 0 Å². The van der Waals surface area contributed by atoms with Gasteiger partial charge in [0.25, 0.3) is 0 Å². The second kappa shape index (κ2) is 9.92. The molecule has 1 unspecified atom stereocenters. The van der Waals surface area contributed by atoms with Crippen molar-refractivity contribution in [2.45, 2.75) is 82.6 Å². The molecule has 2 bridgehead atoms. The van der Waals surface area contributed by atoms with Gasteiger partial charge in [0, 0.05) is 59.2 Å². The first-order valence-corrected chi connectivity index (χ1v) is 15.9. The SMILES string of the molecule is CC(C)(C)OC(=O)N1C[C@H]2CC1CN2SCCCn1c(CN2C(=O)C3(CC3)c3ccncc32)cc2cc(Cl)ccc21. The van der Waals surface area contributed by atoms with Gasteiger partial charge in [-0.05, 0) is 82.3 Å². The van der Waals surface area contributed by atoms with E-state index in [2.05, 4.69) is 26.0 Å². The minimum atomic E-state index is -0.470. The maximum absolute atomic E-state index is 13.6. The lowest BCUT2D eigenvalue weighted by Gasteiger charge is -2.34. The van der Waals surface area contributed by atoms with Crippen LogP contribution >= 0.6 is 23.5 Å². The predicted molar refractivity (Wildman–Crippen MR) is 162 cm³/mol. The molecule has 10 heteroatoms. The number of aromatic nitrogens is 2. The van der Waals surface area contributed by atoms with Crippen LogP contribution in [0.5, 0.6) is 0 Å². The van der Waals surface area contributed by atoms with E-state index in [0.29, 0.717) is 17.6 Å². The van der Waals surface area contributed by atoms with Crippen molar-refractivity contribution in [2.24, 2.45) is 0 Å². The molecule has 1 aromatic carbocycles. The number of carbonyl (C=O) groups is 2. The smallest absolute Gasteiger partial charge is 0.410 e. The number of anilines is 1. The highest BCUT2D eigenvalue weighted by molar-refractivity contribution is 7.97. The van der Waals surface area contributed by atoms with Gasteiger partial charge in [-0.2, -0.15) is 0 Å². The van der Waals surface area contributed by atoms with E-state index in [1.54, 1.807) is 6.20 Å². The van der Waals surface area contributed by atoms with E-state index < -0.39 is 5.60 Å². The molecule has 2 atom stereocenters. The third-order valence-corrected chi connectivity index (χ3v) is 10.4. The lowest BCUT2D eigenvalue weighted by molar-refractivity contribution is -0.120. The number of rotatable bonds is 7. The molecule has 5 heterocycles. The first kappa shape index (κ1) is 27.1. The topological polar surface area (TPSA) is 70.9 Å². The number of hydrogen-bond acceptors (Lipinski definition) is 6. The number of nitrogens with zero attached hydrogens (tertiary/aromatic N) is 5. The number of carbonyl (C=O) groups excluding carboxylic acids is 2. The quantitative estimate of drug-likeness (QED) is 0.247. The van der Waals surface area contributed by atoms with Gasteiger partial charge in [-0.3, -0.25) is 9.78 Å². The lowest BCUT2D eigenvalue weighted by atomic mass is 9.99. The van der Waals surface area contributed by atoms with Gasteiger partial charge in [0.05, 0.1) is 29.9 Å². The summed E-state index contributed by atoms with van der Waals surface area (Å²) in [4.78, 5) is 34.4. The molecule has 1 spiro atoms. The van der Waals surface area contributed by atoms with Crippen molar-refractivity contribution in [1.82, 2.24) is 18.8 Å². The van der Waals surface area contributed by atoms with Crippen molar-refractivity contribution in [2.75, 3.05) is 23.7 Å². The minimum Gasteiger partial charge on any atom is -0.444 e. The summed E-state index contributed by atoms with van der Waals surface area (Å²) in [6, 6.07) is 10.8. The molecule has 0 N–H and O–H groups in total. The Labute approximate surface area is 250 Å². The van der Waals surface area contributed by atoms with Crippen LogP contribution in [0.3, 0.4) is 0 Å². The maximum Gasteiger partial charge on any atom is 0.410 e. The third kappa shape index (κ3) is 4.79. The molecule has 41 heavy (non-hydrogen) atoms. The van der Waals surface area contributed by atoms with Gasteiger partial charge in [0.1, 0.15) is 5.60 Å². The Bertz CT molecular complexity index is 1530. The number of piperazine rings is 1.